The summed E-state index contributed by atoms with van der Waals surface area (Å²) < 4.78 is 25.1. The summed E-state index contributed by atoms with van der Waals surface area (Å²) in [6.45, 7) is 1.46. The van der Waals surface area contributed by atoms with Crippen LogP contribution >= 0.6 is 34.4 Å². The van der Waals surface area contributed by atoms with Gasteiger partial charge < -0.3 is 9.47 Å². The van der Waals surface area contributed by atoms with E-state index in [-0.39, 0.29) is 11.7 Å². The lowest BCUT2D eigenvalue weighted by atomic mass is 10.2. The third kappa shape index (κ3) is 6.93. The maximum absolute atomic E-state index is 13.2. The molecule has 0 radical (unpaired) electrons. The van der Waals surface area contributed by atoms with Crippen molar-refractivity contribution in [2.45, 2.75) is 13.0 Å². The van der Waals surface area contributed by atoms with Gasteiger partial charge in [-0.25, -0.2) is 9.38 Å². The lowest BCUT2D eigenvalue weighted by molar-refractivity contribution is -0.122. The second-order valence-electron chi connectivity index (χ2n) is 7.75. The third-order valence-corrected chi connectivity index (χ3v) is 7.01. The Hall–Kier alpha value is -2.69. The van der Waals surface area contributed by atoms with E-state index in [0.29, 0.717) is 29.8 Å². The van der Waals surface area contributed by atoms with Crippen molar-refractivity contribution in [2.75, 3.05) is 20.3 Å². The minimum atomic E-state index is -0.269. The first-order valence-corrected chi connectivity index (χ1v) is 12.9. The topological polar surface area (TPSA) is 51.1 Å². The summed E-state index contributed by atoms with van der Waals surface area (Å²) in [7, 11) is 1.65. The minimum Gasteiger partial charge on any atom is -0.488 e. The molecule has 1 aliphatic rings. The maximum Gasteiger partial charge on any atom is 0.266 e. The van der Waals surface area contributed by atoms with E-state index in [9.17, 15) is 9.18 Å². The minimum absolute atomic E-state index is 0.0626. The van der Waals surface area contributed by atoms with Crippen molar-refractivity contribution >= 4 is 57.2 Å². The summed E-state index contributed by atoms with van der Waals surface area (Å²) in [6.07, 6.45) is 2.61. The fraction of sp³-hybridized carbons (Fsp3) is 0.185. The van der Waals surface area contributed by atoms with Crippen molar-refractivity contribution < 1.29 is 18.7 Å². The van der Waals surface area contributed by atoms with Gasteiger partial charge in [0.05, 0.1) is 14.2 Å². The Bertz CT molecular complexity index is 1230. The number of amidine groups is 1. The van der Waals surface area contributed by atoms with Crippen molar-refractivity contribution in [1.82, 2.24) is 4.90 Å². The van der Waals surface area contributed by atoms with E-state index in [1.165, 1.54) is 23.9 Å². The molecule has 0 spiro atoms. The van der Waals surface area contributed by atoms with Gasteiger partial charge in [-0.05, 0) is 94.4 Å². The molecule has 0 aromatic heterocycles. The van der Waals surface area contributed by atoms with Gasteiger partial charge in [0.2, 0.25) is 0 Å². The van der Waals surface area contributed by atoms with Gasteiger partial charge in [0.15, 0.2) is 5.17 Å². The monoisotopic (exact) mass is 602 g/mol. The molecule has 1 amide bonds. The summed E-state index contributed by atoms with van der Waals surface area (Å²) in [5, 5.41) is 0.664. The number of methoxy groups -OCH3 is 1. The highest BCUT2D eigenvalue weighted by Gasteiger charge is 2.33. The van der Waals surface area contributed by atoms with E-state index in [1.54, 1.807) is 24.1 Å². The maximum atomic E-state index is 13.2. The van der Waals surface area contributed by atoms with Crippen LogP contribution in [0.4, 0.5) is 10.1 Å². The van der Waals surface area contributed by atoms with Crippen molar-refractivity contribution in [2.24, 2.45) is 4.99 Å². The highest BCUT2D eigenvalue weighted by Crippen LogP contribution is 2.35. The SMILES string of the molecule is COCCCN1C(=O)/C(=C/c2ccc(OCc3ccc(F)cc3)c(I)c2)SC1=Nc1ccccc1. The van der Waals surface area contributed by atoms with Gasteiger partial charge in [-0.3, -0.25) is 9.69 Å². The normalized spacial score (nSPS) is 15.9. The highest BCUT2D eigenvalue weighted by molar-refractivity contribution is 14.1. The number of hydrogen-bond acceptors (Lipinski definition) is 5. The molecule has 0 bridgehead atoms. The second kappa shape index (κ2) is 12.3. The van der Waals surface area contributed by atoms with Gasteiger partial charge >= 0.3 is 0 Å². The van der Waals surface area contributed by atoms with Crippen molar-refractivity contribution in [3.63, 3.8) is 0 Å². The number of benzene rings is 3. The quantitative estimate of drug-likeness (QED) is 0.156. The number of hydrogen-bond donors (Lipinski definition) is 0. The van der Waals surface area contributed by atoms with Gasteiger partial charge in [-0.15, -0.1) is 0 Å². The molecule has 0 saturated carbocycles. The summed E-state index contributed by atoms with van der Waals surface area (Å²) in [5.74, 6) is 0.400. The number of carbonyl (C=O) groups is 1. The highest BCUT2D eigenvalue weighted by atomic mass is 127. The van der Waals surface area contributed by atoms with Crippen LogP contribution in [0.3, 0.4) is 0 Å². The van der Waals surface area contributed by atoms with Gasteiger partial charge in [0, 0.05) is 20.3 Å². The molecule has 0 N–H and O–H groups in total. The van der Waals surface area contributed by atoms with Crippen LogP contribution < -0.4 is 4.74 Å². The molecule has 1 heterocycles. The number of amides is 1. The predicted molar refractivity (Wildman–Crippen MR) is 147 cm³/mol. The van der Waals surface area contributed by atoms with Crippen LogP contribution in [0.2, 0.25) is 0 Å². The van der Waals surface area contributed by atoms with E-state index in [2.05, 4.69) is 22.6 Å². The van der Waals surface area contributed by atoms with Crippen LogP contribution in [0, 0.1) is 9.39 Å². The van der Waals surface area contributed by atoms with Crippen LogP contribution in [-0.4, -0.2) is 36.2 Å². The second-order valence-corrected chi connectivity index (χ2v) is 9.92. The van der Waals surface area contributed by atoms with Crippen LogP contribution in [0.1, 0.15) is 17.5 Å². The van der Waals surface area contributed by atoms with E-state index in [4.69, 9.17) is 14.5 Å². The molecule has 1 fully saturated rings. The largest absolute Gasteiger partial charge is 0.488 e. The molecule has 0 atom stereocenters. The molecular formula is C27H24FIN2O3S. The number of aliphatic imine (C=N–C) groups is 1. The van der Waals surface area contributed by atoms with Gasteiger partial charge in [-0.1, -0.05) is 36.4 Å². The van der Waals surface area contributed by atoms with Crippen LogP contribution in [0.25, 0.3) is 6.08 Å². The number of thioether (sulfide) groups is 1. The lowest BCUT2D eigenvalue weighted by Crippen LogP contribution is -2.30. The molecular weight excluding hydrogens is 578 g/mol. The first-order chi connectivity index (χ1) is 17.0. The average molecular weight is 602 g/mol. The van der Waals surface area contributed by atoms with E-state index >= 15 is 0 Å². The summed E-state index contributed by atoms with van der Waals surface area (Å²) >= 11 is 3.59. The number of para-hydroxylation sites is 1. The molecule has 180 valence electrons. The molecule has 8 heteroatoms. The Balaban J connectivity index is 1.51. The smallest absolute Gasteiger partial charge is 0.266 e. The molecule has 0 aliphatic carbocycles. The zero-order valence-corrected chi connectivity index (χ0v) is 22.1. The molecule has 5 nitrogen and oxygen atoms in total. The van der Waals surface area contributed by atoms with Gasteiger partial charge in [0.1, 0.15) is 18.2 Å². The Kier molecular flexibility index (Phi) is 8.95. The third-order valence-electron chi connectivity index (χ3n) is 5.16. The summed E-state index contributed by atoms with van der Waals surface area (Å²) in [6, 6.07) is 21.7. The fourth-order valence-electron chi connectivity index (χ4n) is 3.39. The van der Waals surface area contributed by atoms with E-state index in [0.717, 1.165) is 32.6 Å². The molecule has 1 saturated heterocycles. The standard InChI is InChI=1S/C27H24FIN2O3S/c1-33-15-5-14-31-26(32)25(35-27(31)30-22-6-3-2-4-7-22)17-20-10-13-24(23(29)16-20)34-18-19-8-11-21(28)12-9-19/h2-4,6-13,16-17H,5,14-15,18H2,1H3/b25-17-,30-27?. The number of ether oxygens (including phenoxy) is 2. The van der Waals surface area contributed by atoms with Crippen molar-refractivity contribution in [1.29, 1.82) is 0 Å². The van der Waals surface area contributed by atoms with Gasteiger partial charge in [0.25, 0.3) is 5.91 Å². The molecule has 35 heavy (non-hydrogen) atoms. The van der Waals surface area contributed by atoms with Crippen LogP contribution in [-0.2, 0) is 16.1 Å². The Labute approximate surface area is 222 Å². The van der Waals surface area contributed by atoms with Crippen molar-refractivity contribution in [3.8, 4) is 5.75 Å². The van der Waals surface area contributed by atoms with Crippen molar-refractivity contribution in [3.05, 3.63) is 98.2 Å². The van der Waals surface area contributed by atoms with E-state index < -0.39 is 0 Å². The Morgan fingerprint density at radius 1 is 1.09 bits per heavy atom. The summed E-state index contributed by atoms with van der Waals surface area (Å²) in [5.41, 5.74) is 2.59. The zero-order valence-electron chi connectivity index (χ0n) is 19.1. The first-order valence-electron chi connectivity index (χ1n) is 11.0. The van der Waals surface area contributed by atoms with Crippen LogP contribution in [0.15, 0.2) is 82.7 Å². The molecule has 0 unspecified atom stereocenters. The lowest BCUT2D eigenvalue weighted by Gasteiger charge is -2.15. The molecule has 3 aromatic rings. The zero-order chi connectivity index (χ0) is 24.6. The Morgan fingerprint density at radius 2 is 1.86 bits per heavy atom. The number of nitrogens with zero attached hydrogens (tertiary/aromatic N) is 2. The number of carbonyl (C=O) groups excluding carboxylic acids is 1. The molecule has 4 rings (SSSR count). The first kappa shape index (κ1) is 25.4. The number of halogens is 2. The Morgan fingerprint density at radius 3 is 2.57 bits per heavy atom. The number of rotatable bonds is 9. The molecule has 1 aliphatic heterocycles. The van der Waals surface area contributed by atoms with E-state index in [1.807, 2.05) is 54.6 Å². The predicted octanol–water partition coefficient (Wildman–Crippen LogP) is 6.65. The fourth-order valence-corrected chi connectivity index (χ4v) is 5.11. The average Bonchev–Trinajstić information content (AvgIpc) is 3.14. The van der Waals surface area contributed by atoms with Gasteiger partial charge in [-0.2, -0.15) is 0 Å². The molecule has 3 aromatic carbocycles. The van der Waals surface area contributed by atoms with Crippen LogP contribution in [0.5, 0.6) is 5.75 Å². The summed E-state index contributed by atoms with van der Waals surface area (Å²) in [4.78, 5) is 20.2.